The first kappa shape index (κ1) is 20.2. The third kappa shape index (κ3) is 4.02. The molecule has 0 atom stereocenters. The quantitative estimate of drug-likeness (QED) is 0.463. The highest BCUT2D eigenvalue weighted by molar-refractivity contribution is 7.93. The van der Waals surface area contributed by atoms with Gasteiger partial charge in [-0.15, -0.1) is 0 Å². The van der Waals surface area contributed by atoms with E-state index in [4.69, 9.17) is 0 Å². The van der Waals surface area contributed by atoms with E-state index in [9.17, 15) is 23.3 Å². The third-order valence-electron chi connectivity index (χ3n) is 4.39. The lowest BCUT2D eigenvalue weighted by molar-refractivity contribution is -0.385. The van der Waals surface area contributed by atoms with Crippen LogP contribution in [-0.2, 0) is 10.0 Å². The fraction of sp³-hybridized carbons (Fsp3) is 0.0952. The minimum absolute atomic E-state index is 0.0538. The Morgan fingerprint density at radius 3 is 2.14 bits per heavy atom. The molecule has 3 aromatic rings. The average Bonchev–Trinajstić information content (AvgIpc) is 2.69. The summed E-state index contributed by atoms with van der Waals surface area (Å²) in [5, 5.41) is 11.2. The molecular formula is C21H18N2O5S. The van der Waals surface area contributed by atoms with Gasteiger partial charge in [0.15, 0.2) is 0 Å². The molecular weight excluding hydrogens is 392 g/mol. The molecule has 0 aliphatic carbocycles. The summed E-state index contributed by atoms with van der Waals surface area (Å²) in [5.41, 5.74) is 1.04. The standard InChI is InChI=1S/C21H18N2O5S/c1-15-8-12-19(13-9-15)29(27,28)22(18-6-4-3-5-7-18)21(24)17-11-10-16(2)20(14-17)23(25)26/h3-14H,1-2H3. The van der Waals surface area contributed by atoms with Crippen molar-refractivity contribution in [1.29, 1.82) is 0 Å². The van der Waals surface area contributed by atoms with Crippen LogP contribution in [0.2, 0.25) is 0 Å². The Morgan fingerprint density at radius 1 is 0.931 bits per heavy atom. The normalized spacial score (nSPS) is 11.1. The zero-order valence-electron chi connectivity index (χ0n) is 15.8. The molecule has 0 aliphatic rings. The van der Waals surface area contributed by atoms with Gasteiger partial charge in [-0.3, -0.25) is 14.9 Å². The van der Waals surface area contributed by atoms with Crippen molar-refractivity contribution in [3.05, 3.63) is 99.6 Å². The van der Waals surface area contributed by atoms with Crippen LogP contribution in [-0.4, -0.2) is 19.2 Å². The van der Waals surface area contributed by atoms with Gasteiger partial charge in [0, 0.05) is 17.2 Å². The van der Waals surface area contributed by atoms with E-state index in [1.165, 1.54) is 36.4 Å². The Bertz CT molecular complexity index is 1170. The average molecular weight is 410 g/mol. The molecule has 0 spiro atoms. The number of hydrogen-bond acceptors (Lipinski definition) is 5. The highest BCUT2D eigenvalue weighted by Gasteiger charge is 2.32. The van der Waals surface area contributed by atoms with E-state index in [1.54, 1.807) is 37.3 Å². The lowest BCUT2D eigenvalue weighted by atomic mass is 10.1. The molecule has 0 radical (unpaired) electrons. The van der Waals surface area contributed by atoms with Gasteiger partial charge in [-0.25, -0.2) is 8.42 Å². The Labute approximate surface area is 168 Å². The number of carbonyl (C=O) groups excluding carboxylic acids is 1. The second kappa shape index (κ2) is 7.84. The molecule has 0 aliphatic heterocycles. The molecule has 3 aromatic carbocycles. The van der Waals surface area contributed by atoms with Crippen molar-refractivity contribution in [2.75, 3.05) is 4.31 Å². The molecule has 8 heteroatoms. The molecule has 0 fully saturated rings. The Hall–Kier alpha value is -3.52. The number of carbonyl (C=O) groups is 1. The van der Waals surface area contributed by atoms with Gasteiger partial charge in [-0.2, -0.15) is 4.31 Å². The zero-order chi connectivity index (χ0) is 21.2. The van der Waals surface area contributed by atoms with Crippen molar-refractivity contribution >= 4 is 27.3 Å². The number of rotatable bonds is 5. The topological polar surface area (TPSA) is 97.6 Å². The lowest BCUT2D eigenvalue weighted by Gasteiger charge is -2.23. The van der Waals surface area contributed by atoms with Crippen molar-refractivity contribution in [2.45, 2.75) is 18.7 Å². The fourth-order valence-electron chi connectivity index (χ4n) is 2.80. The van der Waals surface area contributed by atoms with Gasteiger partial charge in [-0.1, -0.05) is 42.0 Å². The molecule has 0 N–H and O–H groups in total. The SMILES string of the molecule is Cc1ccc(S(=O)(=O)N(C(=O)c2ccc(C)c([N+](=O)[O-])c2)c2ccccc2)cc1. The van der Waals surface area contributed by atoms with E-state index in [1.807, 2.05) is 6.92 Å². The second-order valence-electron chi connectivity index (χ2n) is 6.48. The summed E-state index contributed by atoms with van der Waals surface area (Å²) in [6.45, 7) is 3.37. The van der Waals surface area contributed by atoms with E-state index < -0.39 is 20.9 Å². The summed E-state index contributed by atoms with van der Waals surface area (Å²) in [7, 11) is -4.25. The molecule has 0 aromatic heterocycles. The molecule has 148 valence electrons. The van der Waals surface area contributed by atoms with E-state index in [-0.39, 0.29) is 21.8 Å². The van der Waals surface area contributed by atoms with E-state index in [2.05, 4.69) is 0 Å². The predicted octanol–water partition coefficient (Wildman–Crippen LogP) is 4.25. The van der Waals surface area contributed by atoms with Gasteiger partial charge in [0.2, 0.25) is 0 Å². The molecule has 7 nitrogen and oxygen atoms in total. The molecule has 1 amide bonds. The minimum atomic E-state index is -4.25. The largest absolute Gasteiger partial charge is 0.273 e. The predicted molar refractivity (Wildman–Crippen MR) is 109 cm³/mol. The van der Waals surface area contributed by atoms with Gasteiger partial charge >= 0.3 is 0 Å². The van der Waals surface area contributed by atoms with Gasteiger partial charge in [-0.05, 0) is 44.2 Å². The van der Waals surface area contributed by atoms with Crippen LogP contribution in [0.1, 0.15) is 21.5 Å². The number of aryl methyl sites for hydroxylation is 2. The Balaban J connectivity index is 2.17. The number of para-hydroxylation sites is 1. The van der Waals surface area contributed by atoms with E-state index in [0.29, 0.717) is 9.87 Å². The van der Waals surface area contributed by atoms with E-state index >= 15 is 0 Å². The monoisotopic (exact) mass is 410 g/mol. The van der Waals surface area contributed by atoms with Crippen LogP contribution in [0.3, 0.4) is 0 Å². The lowest BCUT2D eigenvalue weighted by Crippen LogP contribution is -2.37. The summed E-state index contributed by atoms with van der Waals surface area (Å²) in [6, 6.07) is 17.9. The number of sulfonamides is 1. The summed E-state index contributed by atoms with van der Waals surface area (Å²) >= 11 is 0. The second-order valence-corrected chi connectivity index (χ2v) is 8.27. The van der Waals surface area contributed by atoms with Crippen molar-refractivity contribution in [1.82, 2.24) is 0 Å². The first-order valence-corrected chi connectivity index (χ1v) is 10.1. The Morgan fingerprint density at radius 2 is 1.55 bits per heavy atom. The van der Waals surface area contributed by atoms with Crippen LogP contribution in [0.5, 0.6) is 0 Å². The molecule has 29 heavy (non-hydrogen) atoms. The fourth-order valence-corrected chi connectivity index (χ4v) is 4.21. The van der Waals surface area contributed by atoms with Gasteiger partial charge < -0.3 is 0 Å². The van der Waals surface area contributed by atoms with Gasteiger partial charge in [0.05, 0.1) is 15.5 Å². The number of amides is 1. The molecule has 0 heterocycles. The molecule has 0 saturated heterocycles. The smallest absolute Gasteiger partial charge is 0.268 e. The summed E-state index contributed by atoms with van der Waals surface area (Å²) in [5.74, 6) is -0.875. The summed E-state index contributed by atoms with van der Waals surface area (Å²) < 4.78 is 27.3. The van der Waals surface area contributed by atoms with Crippen molar-refractivity contribution in [2.24, 2.45) is 0 Å². The van der Waals surface area contributed by atoms with Crippen molar-refractivity contribution in [3.63, 3.8) is 0 Å². The van der Waals surface area contributed by atoms with Crippen LogP contribution in [0.4, 0.5) is 11.4 Å². The van der Waals surface area contributed by atoms with Crippen molar-refractivity contribution < 1.29 is 18.1 Å². The summed E-state index contributed by atoms with van der Waals surface area (Å²) in [6.07, 6.45) is 0. The number of anilines is 1. The highest BCUT2D eigenvalue weighted by atomic mass is 32.2. The van der Waals surface area contributed by atoms with Crippen LogP contribution in [0.15, 0.2) is 77.7 Å². The first-order valence-electron chi connectivity index (χ1n) is 8.68. The highest BCUT2D eigenvalue weighted by Crippen LogP contribution is 2.28. The number of hydrogen-bond donors (Lipinski definition) is 0. The molecule has 0 saturated carbocycles. The number of nitrogens with zero attached hydrogens (tertiary/aromatic N) is 2. The van der Waals surface area contributed by atoms with E-state index in [0.717, 1.165) is 11.6 Å². The maximum Gasteiger partial charge on any atom is 0.273 e. The van der Waals surface area contributed by atoms with Crippen molar-refractivity contribution in [3.8, 4) is 0 Å². The van der Waals surface area contributed by atoms with Gasteiger partial charge in [0.25, 0.3) is 21.6 Å². The summed E-state index contributed by atoms with van der Waals surface area (Å²) in [4.78, 5) is 23.8. The van der Waals surface area contributed by atoms with Crippen LogP contribution >= 0.6 is 0 Å². The number of nitro benzene ring substituents is 1. The molecule has 3 rings (SSSR count). The Kier molecular flexibility index (Phi) is 5.47. The maximum atomic E-state index is 13.3. The molecule has 0 unspecified atom stereocenters. The third-order valence-corrected chi connectivity index (χ3v) is 6.11. The zero-order valence-corrected chi connectivity index (χ0v) is 16.6. The van der Waals surface area contributed by atoms with Crippen LogP contribution < -0.4 is 4.31 Å². The molecule has 0 bridgehead atoms. The number of nitro groups is 1. The maximum absolute atomic E-state index is 13.3. The van der Waals surface area contributed by atoms with Crippen LogP contribution in [0.25, 0.3) is 0 Å². The van der Waals surface area contributed by atoms with Crippen LogP contribution in [0, 0.1) is 24.0 Å². The number of benzene rings is 3. The minimum Gasteiger partial charge on any atom is -0.268 e. The first-order chi connectivity index (χ1) is 13.7. The van der Waals surface area contributed by atoms with Gasteiger partial charge in [0.1, 0.15) is 0 Å².